The van der Waals surface area contributed by atoms with E-state index in [1.807, 2.05) is 6.92 Å². The molecule has 1 N–H and O–H groups in total. The molecule has 17 heavy (non-hydrogen) atoms. The Morgan fingerprint density at radius 2 is 2.35 bits per heavy atom. The highest BCUT2D eigenvalue weighted by molar-refractivity contribution is 5.83. The number of rotatable bonds is 4. The zero-order chi connectivity index (χ0) is 12.8. The average molecular weight is 242 g/mol. The molecule has 1 heterocycles. The predicted molar refractivity (Wildman–Crippen MR) is 61.8 cm³/mol. The topological polar surface area (TPSA) is 70.1 Å². The fourth-order valence-corrected chi connectivity index (χ4v) is 1.72. The van der Waals surface area contributed by atoms with Gasteiger partial charge in [0.05, 0.1) is 13.2 Å². The second-order valence-electron chi connectivity index (χ2n) is 3.73. The fraction of sp³-hybridized carbons (Fsp3) is 0.636. The number of carboxylic acids is 1. The molecule has 0 aromatic carbocycles. The zero-order valence-electron chi connectivity index (χ0n) is 9.96. The van der Waals surface area contributed by atoms with E-state index in [9.17, 15) is 9.59 Å². The third-order valence-corrected chi connectivity index (χ3v) is 2.66. The molecule has 0 radical (unpaired) electrons. The Morgan fingerprint density at radius 3 is 2.88 bits per heavy atom. The Bertz CT molecular complexity index is 306. The highest BCUT2D eigenvalue weighted by atomic mass is 16.5. The number of urea groups is 1. The van der Waals surface area contributed by atoms with Crippen LogP contribution >= 0.6 is 0 Å². The summed E-state index contributed by atoms with van der Waals surface area (Å²) in [6.07, 6.45) is 1.62. The van der Waals surface area contributed by atoms with Crippen molar-refractivity contribution in [2.24, 2.45) is 0 Å². The maximum atomic E-state index is 12.1. The number of carbonyl (C=O) groups is 2. The van der Waals surface area contributed by atoms with E-state index >= 15 is 0 Å². The van der Waals surface area contributed by atoms with E-state index in [0.717, 1.165) is 0 Å². The number of nitrogens with zero attached hydrogens (tertiary/aromatic N) is 2. The number of carboxylic acid groups (broad SMARTS) is 1. The van der Waals surface area contributed by atoms with E-state index in [1.165, 1.54) is 4.90 Å². The van der Waals surface area contributed by atoms with Gasteiger partial charge in [0.25, 0.3) is 0 Å². The third kappa shape index (κ3) is 3.20. The maximum absolute atomic E-state index is 12.1. The summed E-state index contributed by atoms with van der Waals surface area (Å²) in [5.74, 6) is -1.03. The van der Waals surface area contributed by atoms with E-state index in [4.69, 9.17) is 9.84 Å². The smallest absolute Gasteiger partial charge is 0.328 e. The molecule has 0 aliphatic carbocycles. The molecule has 1 aliphatic heterocycles. The quantitative estimate of drug-likeness (QED) is 0.724. The minimum absolute atomic E-state index is 0.0483. The van der Waals surface area contributed by atoms with Gasteiger partial charge in [-0.2, -0.15) is 0 Å². The zero-order valence-corrected chi connectivity index (χ0v) is 9.96. The van der Waals surface area contributed by atoms with Crippen molar-refractivity contribution in [3.63, 3.8) is 0 Å². The van der Waals surface area contributed by atoms with E-state index in [1.54, 1.807) is 11.0 Å². The molecule has 2 amide bonds. The van der Waals surface area contributed by atoms with Crippen LogP contribution in [0.25, 0.3) is 0 Å². The second-order valence-corrected chi connectivity index (χ2v) is 3.73. The summed E-state index contributed by atoms with van der Waals surface area (Å²) < 4.78 is 5.08. The van der Waals surface area contributed by atoms with Crippen LogP contribution < -0.4 is 0 Å². The Hall–Kier alpha value is -1.56. The van der Waals surface area contributed by atoms with Crippen molar-refractivity contribution in [3.8, 4) is 0 Å². The number of likely N-dealkylation sites (N-methyl/N-ethyl adjacent to an activating group) is 1. The van der Waals surface area contributed by atoms with Crippen LogP contribution in [0.3, 0.4) is 0 Å². The summed E-state index contributed by atoms with van der Waals surface area (Å²) in [6, 6.07) is -1.17. The molecule has 96 valence electrons. The molecule has 6 nitrogen and oxygen atoms in total. The van der Waals surface area contributed by atoms with Gasteiger partial charge in [-0.25, -0.2) is 9.59 Å². The average Bonchev–Trinajstić information content (AvgIpc) is 2.35. The largest absolute Gasteiger partial charge is 0.480 e. The van der Waals surface area contributed by atoms with Gasteiger partial charge in [0.15, 0.2) is 6.04 Å². The molecular formula is C11H18N2O4. The van der Waals surface area contributed by atoms with Crippen molar-refractivity contribution < 1.29 is 19.4 Å². The van der Waals surface area contributed by atoms with Crippen LogP contribution in [0.15, 0.2) is 12.7 Å². The van der Waals surface area contributed by atoms with Gasteiger partial charge >= 0.3 is 12.0 Å². The molecule has 0 spiro atoms. The first-order valence-corrected chi connectivity index (χ1v) is 5.58. The molecular weight excluding hydrogens is 224 g/mol. The lowest BCUT2D eigenvalue weighted by atomic mass is 10.2. The van der Waals surface area contributed by atoms with Crippen molar-refractivity contribution >= 4 is 12.0 Å². The third-order valence-electron chi connectivity index (χ3n) is 2.66. The molecule has 1 fully saturated rings. The van der Waals surface area contributed by atoms with Gasteiger partial charge in [0.2, 0.25) is 0 Å². The van der Waals surface area contributed by atoms with Crippen LogP contribution in [0.4, 0.5) is 4.79 Å². The minimum Gasteiger partial charge on any atom is -0.480 e. The molecule has 0 saturated carbocycles. The molecule has 0 aromatic rings. The number of ether oxygens (including phenoxy) is 1. The van der Waals surface area contributed by atoms with Crippen LogP contribution in [-0.4, -0.2) is 65.8 Å². The van der Waals surface area contributed by atoms with Crippen LogP contribution in [0, 0.1) is 0 Å². The van der Waals surface area contributed by atoms with Crippen LogP contribution in [-0.2, 0) is 9.53 Å². The standard InChI is InChI=1S/C11H18N2O4/c1-3-5-12(4-2)11(16)13-6-7-17-8-9(13)10(14)15/h3,9H,1,4-8H2,2H3,(H,14,15). The first-order valence-electron chi connectivity index (χ1n) is 5.58. The van der Waals surface area contributed by atoms with E-state index in [0.29, 0.717) is 26.2 Å². The number of hydrogen-bond acceptors (Lipinski definition) is 3. The highest BCUT2D eigenvalue weighted by Gasteiger charge is 2.34. The van der Waals surface area contributed by atoms with Crippen LogP contribution in [0.2, 0.25) is 0 Å². The van der Waals surface area contributed by atoms with Gasteiger partial charge in [-0.1, -0.05) is 6.08 Å². The number of aliphatic carboxylic acids is 1. The maximum Gasteiger partial charge on any atom is 0.328 e. The summed E-state index contributed by atoms with van der Waals surface area (Å²) in [5, 5.41) is 9.03. The minimum atomic E-state index is -1.03. The number of morpholine rings is 1. The predicted octanol–water partition coefficient (Wildman–Crippen LogP) is 0.400. The Balaban J connectivity index is 2.76. The summed E-state index contributed by atoms with van der Waals surface area (Å²) in [4.78, 5) is 26.0. The van der Waals surface area contributed by atoms with Crippen molar-refractivity contribution in [2.45, 2.75) is 13.0 Å². The SMILES string of the molecule is C=CCN(CC)C(=O)N1CCOCC1C(=O)O. The van der Waals surface area contributed by atoms with Crippen molar-refractivity contribution in [3.05, 3.63) is 12.7 Å². The molecule has 1 rings (SSSR count). The summed E-state index contributed by atoms with van der Waals surface area (Å²) in [5.41, 5.74) is 0. The normalized spacial score (nSPS) is 19.8. The Kier molecular flexibility index (Phi) is 4.96. The molecule has 1 saturated heterocycles. The summed E-state index contributed by atoms with van der Waals surface area (Å²) in [6.45, 7) is 7.09. The van der Waals surface area contributed by atoms with Gasteiger partial charge in [0, 0.05) is 19.6 Å². The van der Waals surface area contributed by atoms with Crippen LogP contribution in [0.5, 0.6) is 0 Å². The molecule has 6 heteroatoms. The first-order chi connectivity index (χ1) is 8.11. The highest BCUT2D eigenvalue weighted by Crippen LogP contribution is 2.10. The molecule has 1 atom stereocenters. The van der Waals surface area contributed by atoms with Gasteiger partial charge in [-0.15, -0.1) is 6.58 Å². The van der Waals surface area contributed by atoms with Crippen molar-refractivity contribution in [2.75, 3.05) is 32.8 Å². The van der Waals surface area contributed by atoms with E-state index in [-0.39, 0.29) is 12.6 Å². The van der Waals surface area contributed by atoms with Gasteiger partial charge in [-0.3, -0.25) is 0 Å². The van der Waals surface area contributed by atoms with E-state index in [2.05, 4.69) is 6.58 Å². The summed E-state index contributed by atoms with van der Waals surface area (Å²) in [7, 11) is 0. The number of carbonyl (C=O) groups excluding carboxylic acids is 1. The number of amides is 2. The molecule has 1 aliphatic rings. The first kappa shape index (κ1) is 13.5. The van der Waals surface area contributed by atoms with E-state index < -0.39 is 12.0 Å². The van der Waals surface area contributed by atoms with Gasteiger partial charge in [0.1, 0.15) is 0 Å². The molecule has 0 bridgehead atoms. The lowest BCUT2D eigenvalue weighted by Crippen LogP contribution is -2.56. The molecule has 0 aromatic heterocycles. The fourth-order valence-electron chi connectivity index (χ4n) is 1.72. The monoisotopic (exact) mass is 242 g/mol. The Morgan fingerprint density at radius 1 is 1.65 bits per heavy atom. The number of hydrogen-bond donors (Lipinski definition) is 1. The Labute approximate surface area is 100 Å². The lowest BCUT2D eigenvalue weighted by Gasteiger charge is -2.36. The van der Waals surface area contributed by atoms with Crippen molar-refractivity contribution in [1.29, 1.82) is 0 Å². The molecule has 1 unspecified atom stereocenters. The lowest BCUT2D eigenvalue weighted by molar-refractivity contribution is -0.147. The second kappa shape index (κ2) is 6.24. The van der Waals surface area contributed by atoms with Gasteiger partial charge in [-0.05, 0) is 6.92 Å². The summed E-state index contributed by atoms with van der Waals surface area (Å²) >= 11 is 0. The van der Waals surface area contributed by atoms with Crippen LogP contribution in [0.1, 0.15) is 6.92 Å². The van der Waals surface area contributed by atoms with Crippen molar-refractivity contribution in [1.82, 2.24) is 9.80 Å². The van der Waals surface area contributed by atoms with Gasteiger partial charge < -0.3 is 19.6 Å².